The zero-order valence-corrected chi connectivity index (χ0v) is 8.52. The number of aliphatic hydroxyl groups excluding tert-OH is 1. The van der Waals surface area contributed by atoms with Crippen LogP contribution >= 0.6 is 0 Å². The minimum absolute atomic E-state index is 0.0200. The SMILES string of the molecule is CC(N)C(=O)N1CC2CCC(O)C2C1. The van der Waals surface area contributed by atoms with Gasteiger partial charge < -0.3 is 15.7 Å². The lowest BCUT2D eigenvalue weighted by Crippen LogP contribution is -2.41. The van der Waals surface area contributed by atoms with Gasteiger partial charge in [0.2, 0.25) is 5.91 Å². The molecule has 80 valence electrons. The first kappa shape index (κ1) is 9.93. The third-order valence-corrected chi connectivity index (χ3v) is 3.52. The summed E-state index contributed by atoms with van der Waals surface area (Å²) < 4.78 is 0. The van der Waals surface area contributed by atoms with Crippen LogP contribution in [0.3, 0.4) is 0 Å². The minimum Gasteiger partial charge on any atom is -0.393 e. The normalized spacial score (nSPS) is 38.5. The number of hydrogen-bond donors (Lipinski definition) is 2. The van der Waals surface area contributed by atoms with Crippen molar-refractivity contribution in [3.05, 3.63) is 0 Å². The predicted molar refractivity (Wildman–Crippen MR) is 52.5 cm³/mol. The summed E-state index contributed by atoms with van der Waals surface area (Å²) in [5, 5.41) is 9.67. The van der Waals surface area contributed by atoms with Gasteiger partial charge in [0.05, 0.1) is 12.1 Å². The molecule has 4 heteroatoms. The molecule has 1 aliphatic heterocycles. The summed E-state index contributed by atoms with van der Waals surface area (Å²) in [6.45, 7) is 3.21. The molecule has 14 heavy (non-hydrogen) atoms. The van der Waals surface area contributed by atoms with Crippen molar-refractivity contribution in [2.45, 2.75) is 31.9 Å². The molecule has 0 radical (unpaired) electrons. The van der Waals surface area contributed by atoms with Crippen LogP contribution < -0.4 is 5.73 Å². The lowest BCUT2D eigenvalue weighted by molar-refractivity contribution is -0.131. The average molecular weight is 198 g/mol. The van der Waals surface area contributed by atoms with E-state index >= 15 is 0 Å². The Morgan fingerprint density at radius 2 is 2.21 bits per heavy atom. The molecule has 0 bridgehead atoms. The third-order valence-electron chi connectivity index (χ3n) is 3.52. The van der Waals surface area contributed by atoms with Crippen LogP contribution in [0, 0.1) is 11.8 Å². The Bertz CT molecular complexity index is 242. The van der Waals surface area contributed by atoms with Gasteiger partial charge in [-0.2, -0.15) is 0 Å². The molecular formula is C10H18N2O2. The first-order valence-electron chi connectivity index (χ1n) is 5.32. The van der Waals surface area contributed by atoms with Gasteiger partial charge in [-0.1, -0.05) is 0 Å². The lowest BCUT2D eigenvalue weighted by Gasteiger charge is -2.20. The molecule has 0 aromatic heterocycles. The van der Waals surface area contributed by atoms with Crippen LogP contribution in [-0.4, -0.2) is 41.1 Å². The van der Waals surface area contributed by atoms with Crippen molar-refractivity contribution in [3.63, 3.8) is 0 Å². The predicted octanol–water partition coefficient (Wildman–Crippen LogP) is -0.437. The van der Waals surface area contributed by atoms with Crippen LogP contribution in [0.15, 0.2) is 0 Å². The number of amides is 1. The number of carbonyl (C=O) groups is 1. The number of likely N-dealkylation sites (tertiary alicyclic amines) is 1. The highest BCUT2D eigenvalue weighted by atomic mass is 16.3. The lowest BCUT2D eigenvalue weighted by atomic mass is 10.00. The van der Waals surface area contributed by atoms with E-state index in [-0.39, 0.29) is 12.0 Å². The maximum Gasteiger partial charge on any atom is 0.239 e. The molecule has 4 atom stereocenters. The molecule has 4 nitrogen and oxygen atoms in total. The Kier molecular flexibility index (Phi) is 2.49. The molecule has 2 fully saturated rings. The Morgan fingerprint density at radius 3 is 2.79 bits per heavy atom. The monoisotopic (exact) mass is 198 g/mol. The molecule has 1 aliphatic carbocycles. The van der Waals surface area contributed by atoms with Crippen LogP contribution in [0.5, 0.6) is 0 Å². The summed E-state index contributed by atoms with van der Waals surface area (Å²) in [6.07, 6.45) is 1.75. The fourth-order valence-corrected chi connectivity index (χ4v) is 2.70. The second-order valence-corrected chi connectivity index (χ2v) is 4.60. The summed E-state index contributed by atoms with van der Waals surface area (Å²) >= 11 is 0. The fraction of sp³-hybridized carbons (Fsp3) is 0.900. The van der Waals surface area contributed by atoms with Gasteiger partial charge in [0, 0.05) is 19.0 Å². The topological polar surface area (TPSA) is 66.6 Å². The van der Waals surface area contributed by atoms with Crippen LogP contribution in [0.4, 0.5) is 0 Å². The maximum absolute atomic E-state index is 11.6. The van der Waals surface area contributed by atoms with Crippen LogP contribution in [0.25, 0.3) is 0 Å². The van der Waals surface area contributed by atoms with Crippen LogP contribution in [0.1, 0.15) is 19.8 Å². The summed E-state index contributed by atoms with van der Waals surface area (Å²) in [5.74, 6) is 0.831. The molecule has 1 amide bonds. The number of aliphatic hydroxyl groups is 1. The van der Waals surface area contributed by atoms with Gasteiger partial charge in [0.25, 0.3) is 0 Å². The summed E-state index contributed by atoms with van der Waals surface area (Å²) in [4.78, 5) is 13.4. The van der Waals surface area contributed by atoms with Crippen molar-refractivity contribution in [1.82, 2.24) is 4.90 Å². The van der Waals surface area contributed by atoms with E-state index in [0.717, 1.165) is 19.4 Å². The Hall–Kier alpha value is -0.610. The summed E-state index contributed by atoms with van der Waals surface area (Å²) in [5.41, 5.74) is 5.55. The van der Waals surface area contributed by atoms with E-state index in [1.54, 1.807) is 6.92 Å². The van der Waals surface area contributed by atoms with Crippen molar-refractivity contribution in [3.8, 4) is 0 Å². The minimum atomic E-state index is -0.411. The quantitative estimate of drug-likeness (QED) is 0.600. The Labute approximate surface area is 84.1 Å². The van der Waals surface area contributed by atoms with E-state index < -0.39 is 6.04 Å². The molecule has 2 aliphatic rings. The van der Waals surface area contributed by atoms with E-state index in [1.165, 1.54) is 0 Å². The molecule has 1 saturated heterocycles. The smallest absolute Gasteiger partial charge is 0.239 e. The number of nitrogens with zero attached hydrogens (tertiary/aromatic N) is 1. The first-order chi connectivity index (χ1) is 6.59. The molecule has 1 saturated carbocycles. The highest BCUT2D eigenvalue weighted by molar-refractivity contribution is 5.81. The molecule has 0 aromatic rings. The van der Waals surface area contributed by atoms with Gasteiger partial charge in [-0.3, -0.25) is 4.79 Å². The number of rotatable bonds is 1. The molecular weight excluding hydrogens is 180 g/mol. The second kappa shape index (κ2) is 3.51. The van der Waals surface area contributed by atoms with Gasteiger partial charge in [0.15, 0.2) is 0 Å². The number of carbonyl (C=O) groups excluding carboxylic acids is 1. The van der Waals surface area contributed by atoms with Crippen molar-refractivity contribution < 1.29 is 9.90 Å². The van der Waals surface area contributed by atoms with Crippen LogP contribution in [-0.2, 0) is 4.79 Å². The number of hydrogen-bond acceptors (Lipinski definition) is 3. The fourth-order valence-electron chi connectivity index (χ4n) is 2.70. The summed E-state index contributed by atoms with van der Waals surface area (Å²) in [7, 11) is 0. The Morgan fingerprint density at radius 1 is 1.50 bits per heavy atom. The van der Waals surface area contributed by atoms with E-state index in [0.29, 0.717) is 18.4 Å². The molecule has 3 N–H and O–H groups in total. The Balaban J connectivity index is 1.98. The second-order valence-electron chi connectivity index (χ2n) is 4.60. The van der Waals surface area contributed by atoms with Crippen LogP contribution in [0.2, 0.25) is 0 Å². The highest BCUT2D eigenvalue weighted by Crippen LogP contribution is 2.38. The van der Waals surface area contributed by atoms with Crippen molar-refractivity contribution in [2.24, 2.45) is 17.6 Å². The van der Waals surface area contributed by atoms with Gasteiger partial charge >= 0.3 is 0 Å². The third kappa shape index (κ3) is 1.53. The van der Waals surface area contributed by atoms with Gasteiger partial charge in [-0.05, 0) is 25.7 Å². The van der Waals surface area contributed by atoms with Gasteiger partial charge in [-0.15, -0.1) is 0 Å². The highest BCUT2D eigenvalue weighted by Gasteiger charge is 2.43. The largest absolute Gasteiger partial charge is 0.393 e. The summed E-state index contributed by atoms with van der Waals surface area (Å²) in [6, 6.07) is -0.411. The van der Waals surface area contributed by atoms with Crippen molar-refractivity contribution in [2.75, 3.05) is 13.1 Å². The standard InChI is InChI=1S/C10H18N2O2/c1-6(11)10(14)12-4-7-2-3-9(13)8(7)5-12/h6-9,13H,2-5,11H2,1H3. The number of nitrogens with two attached hydrogens (primary N) is 1. The zero-order chi connectivity index (χ0) is 10.3. The first-order valence-corrected chi connectivity index (χ1v) is 5.32. The molecule has 4 unspecified atom stereocenters. The van der Waals surface area contributed by atoms with Crippen molar-refractivity contribution in [1.29, 1.82) is 0 Å². The van der Waals surface area contributed by atoms with Crippen molar-refractivity contribution >= 4 is 5.91 Å². The van der Waals surface area contributed by atoms with Gasteiger partial charge in [0.1, 0.15) is 0 Å². The zero-order valence-electron chi connectivity index (χ0n) is 8.52. The maximum atomic E-state index is 11.6. The average Bonchev–Trinajstić information content (AvgIpc) is 2.67. The molecule has 1 heterocycles. The van der Waals surface area contributed by atoms with E-state index in [4.69, 9.17) is 5.73 Å². The molecule has 2 rings (SSSR count). The number of fused-ring (bicyclic) bond motifs is 1. The van der Waals surface area contributed by atoms with E-state index in [9.17, 15) is 9.90 Å². The molecule has 0 aromatic carbocycles. The molecule has 0 spiro atoms. The van der Waals surface area contributed by atoms with E-state index in [2.05, 4.69) is 0 Å². The van der Waals surface area contributed by atoms with E-state index in [1.807, 2.05) is 4.90 Å². The van der Waals surface area contributed by atoms with Gasteiger partial charge in [-0.25, -0.2) is 0 Å².